The molecule has 9 nitrogen and oxygen atoms in total. The van der Waals surface area contributed by atoms with Crippen molar-refractivity contribution in [3.63, 3.8) is 0 Å². The normalized spacial score (nSPS) is 16.4. The number of halogens is 3. The van der Waals surface area contributed by atoms with Gasteiger partial charge in [0.2, 0.25) is 0 Å². The molecule has 0 N–H and O–H groups in total. The molecule has 0 bridgehead atoms. The molecule has 1 aliphatic rings. The van der Waals surface area contributed by atoms with Gasteiger partial charge in [-0.05, 0) is 50.6 Å². The fraction of sp³-hybridized carbons (Fsp3) is 0.360. The monoisotopic (exact) mass is 517 g/mol. The third kappa shape index (κ3) is 6.57. The summed E-state index contributed by atoms with van der Waals surface area (Å²) in [4.78, 5) is 29.3. The Morgan fingerprint density at radius 3 is 2.27 bits per heavy atom. The van der Waals surface area contributed by atoms with Crippen molar-refractivity contribution < 1.29 is 32.2 Å². The summed E-state index contributed by atoms with van der Waals surface area (Å²) in [5.74, 6) is -0.367. The largest absolute Gasteiger partial charge is 0.573 e. The van der Waals surface area contributed by atoms with Gasteiger partial charge >= 0.3 is 18.5 Å². The molecule has 4 rings (SSSR count). The first-order chi connectivity index (χ1) is 17.4. The summed E-state index contributed by atoms with van der Waals surface area (Å²) in [5.41, 5.74) is 0.948. The van der Waals surface area contributed by atoms with E-state index in [1.165, 1.54) is 18.3 Å². The molecule has 1 aromatic heterocycles. The van der Waals surface area contributed by atoms with Crippen LogP contribution in [0.1, 0.15) is 32.4 Å². The van der Waals surface area contributed by atoms with Gasteiger partial charge in [-0.25, -0.2) is 9.59 Å². The van der Waals surface area contributed by atoms with Crippen LogP contribution >= 0.6 is 0 Å². The molecule has 0 aliphatic carbocycles. The fourth-order valence-corrected chi connectivity index (χ4v) is 3.91. The van der Waals surface area contributed by atoms with Gasteiger partial charge < -0.3 is 19.3 Å². The van der Waals surface area contributed by atoms with Crippen LogP contribution in [-0.4, -0.2) is 68.5 Å². The van der Waals surface area contributed by atoms with E-state index in [4.69, 9.17) is 4.74 Å². The van der Waals surface area contributed by atoms with Gasteiger partial charge in [-0.3, -0.25) is 0 Å². The third-order valence-corrected chi connectivity index (χ3v) is 5.54. The van der Waals surface area contributed by atoms with Gasteiger partial charge in [-0.1, -0.05) is 35.5 Å². The molecule has 1 fully saturated rings. The Balaban J connectivity index is 1.53. The first-order valence-corrected chi connectivity index (χ1v) is 11.5. The van der Waals surface area contributed by atoms with E-state index in [0.29, 0.717) is 11.3 Å². The highest BCUT2D eigenvalue weighted by molar-refractivity contribution is 5.78. The van der Waals surface area contributed by atoms with Crippen LogP contribution in [-0.2, 0) is 4.74 Å². The minimum absolute atomic E-state index is 0.229. The number of ether oxygens (including phenoxy) is 2. The molecule has 196 valence electrons. The topological polar surface area (TPSA) is 89.8 Å². The number of hydrogen-bond donors (Lipinski definition) is 0. The van der Waals surface area contributed by atoms with Crippen LogP contribution in [0.5, 0.6) is 5.75 Å². The Labute approximate surface area is 211 Å². The number of amides is 2. The number of nitrogens with zero attached hydrogens (tertiary/aromatic N) is 5. The lowest BCUT2D eigenvalue weighted by Crippen LogP contribution is -2.54. The number of carbonyl (C=O) groups excluding carboxylic acids is 2. The van der Waals surface area contributed by atoms with E-state index in [1.807, 2.05) is 30.3 Å². The Morgan fingerprint density at radius 2 is 1.65 bits per heavy atom. The molecule has 1 aliphatic heterocycles. The van der Waals surface area contributed by atoms with Gasteiger partial charge in [0.15, 0.2) is 0 Å². The average Bonchev–Trinajstić information content (AvgIpc) is 3.32. The van der Waals surface area contributed by atoms with E-state index >= 15 is 0 Å². The van der Waals surface area contributed by atoms with Gasteiger partial charge in [0.05, 0.1) is 12.2 Å². The van der Waals surface area contributed by atoms with Crippen molar-refractivity contribution in [3.8, 4) is 17.0 Å². The molecule has 1 atom stereocenters. The van der Waals surface area contributed by atoms with Crippen LogP contribution < -0.4 is 4.74 Å². The van der Waals surface area contributed by atoms with Crippen molar-refractivity contribution >= 4 is 12.1 Å². The van der Waals surface area contributed by atoms with Crippen molar-refractivity contribution in [2.75, 3.05) is 19.6 Å². The highest BCUT2D eigenvalue weighted by atomic mass is 19.4. The zero-order chi connectivity index (χ0) is 26.8. The second-order valence-electron chi connectivity index (χ2n) is 9.45. The second-order valence-corrected chi connectivity index (χ2v) is 9.45. The summed E-state index contributed by atoms with van der Waals surface area (Å²) in [6, 6.07) is 13.5. The molecule has 2 aromatic carbocycles. The average molecular weight is 518 g/mol. The van der Waals surface area contributed by atoms with Crippen LogP contribution in [0.2, 0.25) is 0 Å². The standard InChI is InChI=1S/C25H26F3N5O4/c1-24(2,3)37-23(35)31-13-14-32(21(16-31)18-7-5-4-6-8-18)22(34)33-15-20(29-30-33)17-9-11-19(12-10-17)36-25(26,27)28/h4-12,15,21H,13-14,16H2,1-3H3. The highest BCUT2D eigenvalue weighted by Gasteiger charge is 2.36. The van der Waals surface area contributed by atoms with Crippen LogP contribution in [0, 0.1) is 0 Å². The molecule has 37 heavy (non-hydrogen) atoms. The molecular weight excluding hydrogens is 491 g/mol. The van der Waals surface area contributed by atoms with Crippen molar-refractivity contribution in [1.29, 1.82) is 0 Å². The number of piperazine rings is 1. The summed E-state index contributed by atoms with van der Waals surface area (Å²) >= 11 is 0. The van der Waals surface area contributed by atoms with Crippen LogP contribution in [0.15, 0.2) is 60.8 Å². The minimum atomic E-state index is -4.79. The molecular formula is C25H26F3N5O4. The minimum Gasteiger partial charge on any atom is -0.444 e. The smallest absolute Gasteiger partial charge is 0.444 e. The Bertz CT molecular complexity index is 1240. The van der Waals surface area contributed by atoms with E-state index < -0.39 is 30.1 Å². The first-order valence-electron chi connectivity index (χ1n) is 11.5. The van der Waals surface area contributed by atoms with Gasteiger partial charge in [0, 0.05) is 25.2 Å². The number of alkyl halides is 3. The third-order valence-electron chi connectivity index (χ3n) is 5.54. The molecule has 2 heterocycles. The van der Waals surface area contributed by atoms with Crippen molar-refractivity contribution in [3.05, 3.63) is 66.4 Å². The quantitative estimate of drug-likeness (QED) is 0.480. The summed E-state index contributed by atoms with van der Waals surface area (Å²) in [7, 11) is 0. The molecule has 3 aromatic rings. The number of hydrogen-bond acceptors (Lipinski definition) is 6. The van der Waals surface area contributed by atoms with E-state index in [1.54, 1.807) is 30.6 Å². The second kappa shape index (κ2) is 10.1. The van der Waals surface area contributed by atoms with Crippen LogP contribution in [0.4, 0.5) is 22.8 Å². The number of benzene rings is 2. The number of rotatable bonds is 3. The molecule has 0 radical (unpaired) electrons. The van der Waals surface area contributed by atoms with E-state index in [0.717, 1.165) is 22.4 Å². The Morgan fingerprint density at radius 1 is 0.973 bits per heavy atom. The van der Waals surface area contributed by atoms with Crippen molar-refractivity contribution in [2.24, 2.45) is 0 Å². The molecule has 2 amide bonds. The van der Waals surface area contributed by atoms with Crippen LogP contribution in [0.25, 0.3) is 11.3 Å². The fourth-order valence-electron chi connectivity index (χ4n) is 3.91. The molecule has 1 unspecified atom stereocenters. The van der Waals surface area contributed by atoms with Gasteiger partial charge in [0.25, 0.3) is 0 Å². The zero-order valence-corrected chi connectivity index (χ0v) is 20.5. The predicted molar refractivity (Wildman–Crippen MR) is 127 cm³/mol. The number of carbonyl (C=O) groups is 2. The van der Waals surface area contributed by atoms with Crippen molar-refractivity contribution in [1.82, 2.24) is 24.8 Å². The maximum absolute atomic E-state index is 13.5. The molecule has 0 saturated carbocycles. The van der Waals surface area contributed by atoms with E-state index in [2.05, 4.69) is 15.0 Å². The Kier molecular flexibility index (Phi) is 7.10. The molecule has 1 saturated heterocycles. The van der Waals surface area contributed by atoms with Crippen LogP contribution in [0.3, 0.4) is 0 Å². The Hall–Kier alpha value is -4.09. The summed E-state index contributed by atoms with van der Waals surface area (Å²) in [6.45, 7) is 6.10. The SMILES string of the molecule is CC(C)(C)OC(=O)N1CCN(C(=O)n2cc(-c3ccc(OC(F)(F)F)cc3)nn2)C(c2ccccc2)C1. The zero-order valence-electron chi connectivity index (χ0n) is 20.5. The first kappa shape index (κ1) is 26.0. The lowest BCUT2D eigenvalue weighted by molar-refractivity contribution is -0.274. The summed E-state index contributed by atoms with van der Waals surface area (Å²) < 4.78 is 47.7. The molecule has 12 heteroatoms. The van der Waals surface area contributed by atoms with E-state index in [9.17, 15) is 22.8 Å². The maximum Gasteiger partial charge on any atom is 0.573 e. The van der Waals surface area contributed by atoms with Gasteiger partial charge in [-0.15, -0.1) is 18.3 Å². The molecule has 0 spiro atoms. The lowest BCUT2D eigenvalue weighted by atomic mass is 10.0. The lowest BCUT2D eigenvalue weighted by Gasteiger charge is -2.41. The van der Waals surface area contributed by atoms with E-state index in [-0.39, 0.29) is 25.4 Å². The maximum atomic E-state index is 13.5. The predicted octanol–water partition coefficient (Wildman–Crippen LogP) is 5.11. The summed E-state index contributed by atoms with van der Waals surface area (Å²) in [6.07, 6.45) is -3.84. The number of aromatic nitrogens is 3. The van der Waals surface area contributed by atoms with Crippen molar-refractivity contribution in [2.45, 2.75) is 38.8 Å². The summed E-state index contributed by atoms with van der Waals surface area (Å²) in [5, 5.41) is 7.94. The highest BCUT2D eigenvalue weighted by Crippen LogP contribution is 2.29. The van der Waals surface area contributed by atoms with Gasteiger partial charge in [-0.2, -0.15) is 4.68 Å². The van der Waals surface area contributed by atoms with Gasteiger partial charge in [0.1, 0.15) is 17.0 Å².